The van der Waals surface area contributed by atoms with Gasteiger partial charge in [-0.25, -0.2) is 0 Å². The van der Waals surface area contributed by atoms with Gasteiger partial charge in [0.25, 0.3) is 5.91 Å². The van der Waals surface area contributed by atoms with Crippen LogP contribution >= 0.6 is 0 Å². The predicted molar refractivity (Wildman–Crippen MR) is 170 cm³/mol. The third-order valence-corrected chi connectivity index (χ3v) is 7.63. The van der Waals surface area contributed by atoms with E-state index in [-0.39, 0.29) is 20.6 Å². The van der Waals surface area contributed by atoms with E-state index in [9.17, 15) is 18.0 Å². The van der Waals surface area contributed by atoms with E-state index in [4.69, 9.17) is 0 Å². The van der Waals surface area contributed by atoms with Crippen LogP contribution in [0.25, 0.3) is 0 Å². The van der Waals surface area contributed by atoms with E-state index in [0.29, 0.717) is 5.56 Å². The molecule has 0 atom stereocenters. The molecular formula is C33H50F3N5O. The van der Waals surface area contributed by atoms with Crippen LogP contribution < -0.4 is 16.0 Å². The lowest BCUT2D eigenvalue weighted by atomic mass is 9.94. The Hall–Kier alpha value is -3.30. The van der Waals surface area contributed by atoms with Gasteiger partial charge in [-0.05, 0) is 73.3 Å². The molecule has 0 unspecified atom stereocenters. The second-order valence-electron chi connectivity index (χ2n) is 10.6. The third-order valence-electron chi connectivity index (χ3n) is 7.63. The lowest BCUT2D eigenvalue weighted by Crippen LogP contribution is -2.44. The van der Waals surface area contributed by atoms with E-state index < -0.39 is 17.6 Å². The van der Waals surface area contributed by atoms with E-state index in [2.05, 4.69) is 33.9 Å². The number of carbonyl (C=O) groups is 1. The molecule has 2 aliphatic rings. The molecule has 0 saturated carbocycles. The minimum Gasteiger partial charge on any atom is -0.375 e. The molecule has 4 rings (SSSR count). The number of hydrogen-bond acceptors (Lipinski definition) is 5. The zero-order valence-electron chi connectivity index (χ0n) is 25.6. The van der Waals surface area contributed by atoms with Crippen molar-refractivity contribution in [2.24, 2.45) is 0 Å². The van der Waals surface area contributed by atoms with Crippen molar-refractivity contribution in [3.05, 3.63) is 87.8 Å². The number of nitrogens with one attached hydrogen (secondary N) is 3. The van der Waals surface area contributed by atoms with E-state index in [1.165, 1.54) is 17.2 Å². The summed E-state index contributed by atoms with van der Waals surface area (Å²) in [5, 5.41) is 9.13. The number of dihydropyridines is 1. The molecule has 3 N–H and O–H groups in total. The highest BCUT2D eigenvalue weighted by atomic mass is 19.4. The summed E-state index contributed by atoms with van der Waals surface area (Å²) >= 11 is 0. The molecule has 6 nitrogen and oxygen atoms in total. The lowest BCUT2D eigenvalue weighted by Gasteiger charge is -2.33. The molecule has 1 saturated heterocycles. The van der Waals surface area contributed by atoms with Crippen LogP contribution in [0.2, 0.25) is 0 Å². The summed E-state index contributed by atoms with van der Waals surface area (Å²) in [6.45, 7) is 10.2. The molecule has 1 fully saturated rings. The topological polar surface area (TPSA) is 59.6 Å². The lowest BCUT2D eigenvalue weighted by molar-refractivity contribution is -0.138. The highest BCUT2D eigenvalue weighted by Gasteiger charge is 2.34. The molecule has 0 aromatic heterocycles. The van der Waals surface area contributed by atoms with Crippen molar-refractivity contribution in [3.8, 4) is 0 Å². The largest absolute Gasteiger partial charge is 0.416 e. The number of anilines is 1. The van der Waals surface area contributed by atoms with Crippen LogP contribution in [-0.2, 0) is 25.6 Å². The summed E-state index contributed by atoms with van der Waals surface area (Å²) in [7, 11) is 3.89. The van der Waals surface area contributed by atoms with Gasteiger partial charge in [0.05, 0.1) is 11.4 Å². The van der Waals surface area contributed by atoms with E-state index >= 15 is 0 Å². The zero-order valence-corrected chi connectivity index (χ0v) is 25.6. The maximum atomic E-state index is 14.0. The number of piperazine rings is 1. The van der Waals surface area contributed by atoms with E-state index in [0.717, 1.165) is 75.9 Å². The van der Waals surface area contributed by atoms with Crippen LogP contribution in [0.15, 0.2) is 59.9 Å². The van der Waals surface area contributed by atoms with Crippen LogP contribution in [0.3, 0.4) is 0 Å². The Labute approximate surface area is 252 Å². The summed E-state index contributed by atoms with van der Waals surface area (Å²) < 4.78 is 42.0. The second kappa shape index (κ2) is 15.8. The molecule has 0 bridgehead atoms. The van der Waals surface area contributed by atoms with Crippen molar-refractivity contribution in [3.63, 3.8) is 0 Å². The Morgan fingerprint density at radius 2 is 1.67 bits per heavy atom. The monoisotopic (exact) mass is 589 g/mol. The Bertz CT molecular complexity index is 1260. The van der Waals surface area contributed by atoms with Crippen molar-refractivity contribution in [2.75, 3.05) is 52.1 Å². The first kappa shape index (κ1) is 33.2. The molecule has 234 valence electrons. The Morgan fingerprint density at radius 3 is 2.29 bits per heavy atom. The smallest absolute Gasteiger partial charge is 0.375 e. The summed E-state index contributed by atoms with van der Waals surface area (Å²) in [6.07, 6.45) is 3.15. The maximum absolute atomic E-state index is 14.0. The van der Waals surface area contributed by atoms with Crippen LogP contribution in [-0.4, -0.2) is 62.5 Å². The van der Waals surface area contributed by atoms with Gasteiger partial charge in [-0.1, -0.05) is 51.0 Å². The van der Waals surface area contributed by atoms with Gasteiger partial charge in [-0.2, -0.15) is 13.2 Å². The molecule has 0 aliphatic carbocycles. The first-order valence-corrected chi connectivity index (χ1v) is 15.0. The fraction of sp³-hybridized carbons (Fsp3) is 0.485. The normalized spacial score (nSPS) is 16.0. The Morgan fingerprint density at radius 1 is 0.952 bits per heavy atom. The predicted octanol–water partition coefficient (Wildman–Crippen LogP) is 6.70. The van der Waals surface area contributed by atoms with Crippen molar-refractivity contribution in [2.45, 2.75) is 59.2 Å². The maximum Gasteiger partial charge on any atom is 0.416 e. The molecule has 2 aromatic rings. The minimum absolute atomic E-state index is 0. The van der Waals surface area contributed by atoms with Crippen LogP contribution in [0.5, 0.6) is 0 Å². The van der Waals surface area contributed by atoms with E-state index in [1.54, 1.807) is 12.1 Å². The highest BCUT2D eigenvalue weighted by Crippen LogP contribution is 2.35. The number of amides is 1. The van der Waals surface area contributed by atoms with Crippen molar-refractivity contribution >= 4 is 11.6 Å². The van der Waals surface area contributed by atoms with Crippen LogP contribution in [0.4, 0.5) is 18.9 Å². The number of alkyl halides is 3. The SMILES string of the molecule is CC.CCCc1ccc(C(=O)Nc2ccc(CN3CCN(C)CC3)c(C(F)(F)F)c2)cc1CCC1=CC=C(NC)NC1.[HH].[HH]. The van der Waals surface area contributed by atoms with Crippen molar-refractivity contribution < 1.29 is 20.8 Å². The summed E-state index contributed by atoms with van der Waals surface area (Å²) in [6, 6.07) is 9.75. The molecule has 0 radical (unpaired) electrons. The highest BCUT2D eigenvalue weighted by molar-refractivity contribution is 6.04. The average Bonchev–Trinajstić information content (AvgIpc) is 2.99. The van der Waals surface area contributed by atoms with Gasteiger partial charge < -0.3 is 20.9 Å². The number of hydrogen-bond donors (Lipinski definition) is 3. The number of rotatable bonds is 10. The number of halogens is 3. The Balaban J connectivity index is 0.00000237. The summed E-state index contributed by atoms with van der Waals surface area (Å²) in [5.41, 5.74) is 3.67. The minimum atomic E-state index is -4.51. The van der Waals surface area contributed by atoms with Gasteiger partial charge in [0, 0.05) is 60.4 Å². The number of carbonyl (C=O) groups excluding carboxylic acids is 1. The van der Waals surface area contributed by atoms with Crippen LogP contribution in [0, 0.1) is 0 Å². The van der Waals surface area contributed by atoms with Gasteiger partial charge in [0.1, 0.15) is 0 Å². The fourth-order valence-electron chi connectivity index (χ4n) is 5.19. The third kappa shape index (κ3) is 9.36. The number of aryl methyl sites for hydroxylation is 2. The molecule has 2 aromatic carbocycles. The van der Waals surface area contributed by atoms with Gasteiger partial charge in [0.2, 0.25) is 0 Å². The van der Waals surface area contributed by atoms with E-state index in [1.807, 2.05) is 51.1 Å². The van der Waals surface area contributed by atoms with Crippen molar-refractivity contribution in [1.29, 1.82) is 0 Å². The van der Waals surface area contributed by atoms with Gasteiger partial charge in [0.15, 0.2) is 0 Å². The van der Waals surface area contributed by atoms with Crippen LogP contribution in [0.1, 0.15) is 69.1 Å². The quantitative estimate of drug-likeness (QED) is 0.288. The average molecular weight is 590 g/mol. The summed E-state index contributed by atoms with van der Waals surface area (Å²) in [5.74, 6) is 0.569. The molecule has 2 aliphatic heterocycles. The number of likely N-dealkylation sites (N-methyl/N-ethyl adjacent to an activating group) is 1. The first-order chi connectivity index (χ1) is 20.2. The summed E-state index contributed by atoms with van der Waals surface area (Å²) in [4.78, 5) is 17.4. The number of nitrogens with zero attached hydrogens (tertiary/aromatic N) is 2. The first-order valence-electron chi connectivity index (χ1n) is 15.0. The number of benzene rings is 2. The molecule has 0 spiro atoms. The second-order valence-corrected chi connectivity index (χ2v) is 10.6. The molecular weight excluding hydrogens is 539 g/mol. The zero-order chi connectivity index (χ0) is 30.7. The van der Waals surface area contributed by atoms with Gasteiger partial charge in [-0.3, -0.25) is 9.69 Å². The van der Waals surface area contributed by atoms with Gasteiger partial charge >= 0.3 is 6.18 Å². The molecule has 2 heterocycles. The molecule has 42 heavy (non-hydrogen) atoms. The molecule has 1 amide bonds. The molecule has 9 heteroatoms. The van der Waals surface area contributed by atoms with Crippen molar-refractivity contribution in [1.82, 2.24) is 20.4 Å². The fourth-order valence-corrected chi connectivity index (χ4v) is 5.19. The standard InChI is InChI=1S/C31H40F3N5O.C2H6.2H2/c1-4-5-23-9-10-25(18-24(23)8-6-22-7-13-29(35-2)36-20-22)30(40)37-27-12-11-26(28(19-27)31(32,33)34)21-39-16-14-38(3)15-17-39;1-2;;/h7,9-13,18-19,35-36H,4-6,8,14-17,20-21H2,1-3H3,(H,37,40);1-2H3;2*1H. The Kier molecular flexibility index (Phi) is 12.5. The van der Waals surface area contributed by atoms with Gasteiger partial charge in [-0.15, -0.1) is 0 Å². The number of allylic oxidation sites excluding steroid dienone is 2.